The van der Waals surface area contributed by atoms with E-state index in [-0.39, 0.29) is 11.6 Å². The number of benzene rings is 3. The van der Waals surface area contributed by atoms with Crippen LogP contribution in [0.15, 0.2) is 66.7 Å². The van der Waals surface area contributed by atoms with Crippen molar-refractivity contribution in [1.29, 1.82) is 0 Å². The fourth-order valence-corrected chi connectivity index (χ4v) is 8.38. The zero-order valence-corrected chi connectivity index (χ0v) is 33.9. The lowest BCUT2D eigenvalue weighted by Gasteiger charge is -2.68. The van der Waals surface area contributed by atoms with Crippen LogP contribution >= 0.6 is 0 Å². The topological polar surface area (TPSA) is 74.3 Å². The fraction of sp³-hybridized carbons (Fsp3) is 0.500. The Morgan fingerprint density at radius 3 is 1.74 bits per heavy atom. The summed E-state index contributed by atoms with van der Waals surface area (Å²) in [5.41, 5.74) is -13.3. The second kappa shape index (κ2) is 13.8. The maximum absolute atomic E-state index is 15.0. The van der Waals surface area contributed by atoms with E-state index >= 15 is 0 Å². The molecule has 1 amide bonds. The van der Waals surface area contributed by atoms with Gasteiger partial charge in [-0.3, -0.25) is 0 Å². The van der Waals surface area contributed by atoms with Gasteiger partial charge in [0.2, 0.25) is 5.60 Å². The zero-order chi connectivity index (χ0) is 43.2. The van der Waals surface area contributed by atoms with E-state index in [1.54, 1.807) is 52.1 Å². The maximum Gasteiger partial charge on any atom is 0.419 e. The summed E-state index contributed by atoms with van der Waals surface area (Å²) in [7, 11) is -3.45. The monoisotopic (exact) mass is 833 g/mol. The van der Waals surface area contributed by atoms with Crippen molar-refractivity contribution in [3.05, 3.63) is 100 Å². The van der Waals surface area contributed by atoms with Crippen LogP contribution in [-0.4, -0.2) is 38.0 Å². The summed E-state index contributed by atoms with van der Waals surface area (Å²) in [6.07, 6.45) is -18.8. The average molecular weight is 834 g/mol. The molecule has 0 N–H and O–H groups in total. The molecular weight excluding hydrogens is 790 g/mol. The van der Waals surface area contributed by atoms with Crippen molar-refractivity contribution in [3.8, 4) is 0 Å². The van der Waals surface area contributed by atoms with Crippen molar-refractivity contribution < 1.29 is 67.7 Å². The van der Waals surface area contributed by atoms with Gasteiger partial charge in [-0.1, -0.05) is 57.2 Å². The van der Waals surface area contributed by atoms with E-state index in [1.165, 1.54) is 46.8 Å². The molecule has 3 aromatic carbocycles. The van der Waals surface area contributed by atoms with Gasteiger partial charge in [-0.15, -0.1) is 0 Å². The molecule has 57 heavy (non-hydrogen) atoms. The number of carbonyl (C=O) groups excluding carboxylic acids is 2. The van der Waals surface area contributed by atoms with Crippen LogP contribution in [0.1, 0.15) is 88.8 Å². The highest BCUT2D eigenvalue weighted by molar-refractivity contribution is 6.74. The molecule has 2 heterocycles. The molecular formula is C40H44F9NO6Si. The van der Waals surface area contributed by atoms with Gasteiger partial charge in [0.1, 0.15) is 11.0 Å². The normalized spacial score (nSPS) is 22.8. The molecule has 0 radical (unpaired) electrons. The van der Waals surface area contributed by atoms with E-state index in [9.17, 15) is 49.1 Å². The number of carbonyl (C=O) groups is 2. The van der Waals surface area contributed by atoms with Crippen molar-refractivity contribution in [1.82, 2.24) is 0 Å². The van der Waals surface area contributed by atoms with Gasteiger partial charge in [-0.2, -0.15) is 39.5 Å². The van der Waals surface area contributed by atoms with Gasteiger partial charge in [-0.25, -0.2) is 14.5 Å². The molecule has 3 aromatic rings. The lowest BCUT2D eigenvalue weighted by molar-refractivity contribution is -0.408. The number of halogens is 9. The molecule has 7 nitrogen and oxygen atoms in total. The Morgan fingerprint density at radius 2 is 1.28 bits per heavy atom. The van der Waals surface area contributed by atoms with Crippen LogP contribution in [0.3, 0.4) is 0 Å². The number of hydrogen-bond donors (Lipinski definition) is 0. The molecule has 0 spiro atoms. The molecule has 0 saturated carbocycles. The van der Waals surface area contributed by atoms with Gasteiger partial charge in [-0.05, 0) is 106 Å². The largest absolute Gasteiger partial charge is 0.461 e. The number of rotatable bonds is 7. The third-order valence-corrected chi connectivity index (χ3v) is 14.9. The Bertz CT molecular complexity index is 2000. The van der Waals surface area contributed by atoms with E-state index in [4.69, 9.17) is 18.6 Å². The third kappa shape index (κ3) is 7.43. The van der Waals surface area contributed by atoms with Gasteiger partial charge in [0, 0.05) is 0 Å². The summed E-state index contributed by atoms with van der Waals surface area (Å²) in [6, 6.07) is 10.5. The van der Waals surface area contributed by atoms with Crippen LogP contribution in [0.25, 0.3) is 0 Å². The van der Waals surface area contributed by atoms with E-state index < -0.39 is 107 Å². The Labute approximate surface area is 325 Å². The maximum atomic E-state index is 15.0. The minimum Gasteiger partial charge on any atom is -0.461 e. The van der Waals surface area contributed by atoms with Crippen LogP contribution < -0.4 is 4.90 Å². The highest BCUT2D eigenvalue weighted by Crippen LogP contribution is 2.74. The first kappa shape index (κ1) is 44.0. The number of fused-ring (bicyclic) bond motifs is 3. The first-order valence-corrected chi connectivity index (χ1v) is 20.8. The van der Waals surface area contributed by atoms with Crippen LogP contribution in [0, 0.1) is 0 Å². The first-order valence-electron chi connectivity index (χ1n) is 17.9. The number of ether oxygens (including phenoxy) is 3. The molecule has 1 fully saturated rings. The van der Waals surface area contributed by atoms with Crippen molar-refractivity contribution in [2.45, 2.75) is 127 Å². The molecule has 312 valence electrons. The lowest BCUT2D eigenvalue weighted by atomic mass is 9.55. The Kier molecular flexibility index (Phi) is 10.6. The standard InChI is InChI=1S/C40H44F9NO6Si/c1-23(2)53-31(51)36(26-18-27(38(44,45)46)20-28(19-26)39(47,48)49)35(22-24-14-12-11-13-15-24)29-17-16-25(37(41,42)43)21-30(29)50(32(52)54-33(3,4)5)40(35,55-36)56-57(9,10)34(6,7)8/h11-21,23H,22H2,1-10H3/t35-,36+,40-/m0/s1. The van der Waals surface area contributed by atoms with Crippen molar-refractivity contribution in [3.63, 3.8) is 0 Å². The average Bonchev–Trinajstić information content (AvgIpc) is 3.20. The Balaban J connectivity index is 2.09. The summed E-state index contributed by atoms with van der Waals surface area (Å²) in [4.78, 5) is 30.3. The summed E-state index contributed by atoms with van der Waals surface area (Å²) in [5.74, 6) is -4.23. The molecule has 5 rings (SSSR count). The molecule has 0 bridgehead atoms. The number of esters is 1. The van der Waals surface area contributed by atoms with E-state index in [1.807, 2.05) is 0 Å². The van der Waals surface area contributed by atoms with Crippen LogP contribution in [0.2, 0.25) is 18.1 Å². The fourth-order valence-electron chi connectivity index (χ4n) is 7.07. The second-order valence-corrected chi connectivity index (χ2v) is 21.8. The predicted molar refractivity (Wildman–Crippen MR) is 193 cm³/mol. The quantitative estimate of drug-likeness (QED) is 0.134. The molecule has 1 saturated heterocycles. The molecule has 0 aromatic heterocycles. The van der Waals surface area contributed by atoms with E-state index in [0.29, 0.717) is 34.7 Å². The smallest absolute Gasteiger partial charge is 0.419 e. The molecule has 17 heteroatoms. The number of nitrogens with zero attached hydrogens (tertiary/aromatic N) is 1. The predicted octanol–water partition coefficient (Wildman–Crippen LogP) is 11.5. The van der Waals surface area contributed by atoms with Crippen LogP contribution in [0.5, 0.6) is 0 Å². The minimum atomic E-state index is -5.40. The zero-order valence-electron chi connectivity index (χ0n) is 32.9. The molecule has 0 aliphatic carbocycles. The van der Waals surface area contributed by atoms with Crippen molar-refractivity contribution >= 4 is 26.1 Å². The van der Waals surface area contributed by atoms with Gasteiger partial charge < -0.3 is 18.6 Å². The third-order valence-electron chi connectivity index (χ3n) is 10.5. The molecule has 0 unspecified atom stereocenters. The number of alkyl halides is 9. The van der Waals surface area contributed by atoms with Gasteiger partial charge in [0.05, 0.1) is 28.5 Å². The first-order chi connectivity index (χ1) is 25.7. The number of hydrogen-bond acceptors (Lipinski definition) is 6. The summed E-state index contributed by atoms with van der Waals surface area (Å²) < 4.78 is 156. The van der Waals surface area contributed by atoms with Gasteiger partial charge in [0.25, 0.3) is 5.91 Å². The molecule has 2 aliphatic heterocycles. The summed E-state index contributed by atoms with van der Waals surface area (Å²) in [5, 5.41) is -0.786. The van der Waals surface area contributed by atoms with Gasteiger partial charge in [0.15, 0.2) is 8.32 Å². The Morgan fingerprint density at radius 1 is 0.754 bits per heavy atom. The SMILES string of the molecule is CC(C)OC(=O)[C@@]1(c2cc(C(F)(F)F)cc(C(F)(F)F)c2)O[C@@]2(O[Si](C)(C)C(C)(C)C)N(C(=O)OC(C)(C)C)c3cc(C(F)(F)F)ccc3[C@]21Cc1ccccc1. The highest BCUT2D eigenvalue weighted by Gasteiger charge is 2.89. The van der Waals surface area contributed by atoms with Crippen molar-refractivity contribution in [2.75, 3.05) is 4.90 Å². The van der Waals surface area contributed by atoms with E-state index in [2.05, 4.69) is 0 Å². The summed E-state index contributed by atoms with van der Waals surface area (Å²) >= 11 is 0. The van der Waals surface area contributed by atoms with Crippen molar-refractivity contribution in [2.24, 2.45) is 0 Å². The van der Waals surface area contributed by atoms with E-state index in [0.717, 1.165) is 6.07 Å². The second-order valence-electron chi connectivity index (χ2n) is 17.1. The lowest BCUT2D eigenvalue weighted by Crippen LogP contribution is -2.86. The van der Waals surface area contributed by atoms with Crippen LogP contribution in [0.4, 0.5) is 50.0 Å². The highest BCUT2D eigenvalue weighted by atomic mass is 28.4. The summed E-state index contributed by atoms with van der Waals surface area (Å²) in [6.45, 7) is 15.9. The number of anilines is 1. The number of amides is 1. The Hall–Kier alpha value is -4.09. The van der Waals surface area contributed by atoms with Crippen LogP contribution in [-0.2, 0) is 59.4 Å². The molecule has 3 atom stereocenters. The molecule has 2 aliphatic rings. The minimum absolute atomic E-state index is 0.127. The van der Waals surface area contributed by atoms with Gasteiger partial charge >= 0.3 is 30.6 Å².